The molecule has 0 radical (unpaired) electrons. The zero-order valence-electron chi connectivity index (χ0n) is 15.7. The van der Waals surface area contributed by atoms with Gasteiger partial charge in [0.15, 0.2) is 11.4 Å². The van der Waals surface area contributed by atoms with E-state index in [0.29, 0.717) is 32.2 Å². The van der Waals surface area contributed by atoms with Crippen molar-refractivity contribution in [2.24, 2.45) is 17.6 Å². The summed E-state index contributed by atoms with van der Waals surface area (Å²) < 4.78 is 5.25. The molecule has 9 heteroatoms. The van der Waals surface area contributed by atoms with Crippen LogP contribution in [0.15, 0.2) is 0 Å². The molecule has 1 aliphatic heterocycles. The smallest absolute Gasteiger partial charge is 0.349 e. The number of piperidine rings is 1. The summed E-state index contributed by atoms with van der Waals surface area (Å²) in [5.74, 6) is -2.36. The van der Waals surface area contributed by atoms with Crippen LogP contribution in [0.2, 0.25) is 0 Å². The number of aliphatic carboxylic acids is 1. The summed E-state index contributed by atoms with van der Waals surface area (Å²) in [6.45, 7) is 7.06. The van der Waals surface area contributed by atoms with Gasteiger partial charge >= 0.3 is 11.9 Å². The van der Waals surface area contributed by atoms with Gasteiger partial charge in [-0.05, 0) is 39.5 Å². The van der Waals surface area contributed by atoms with Gasteiger partial charge in [0.25, 0.3) is 0 Å². The maximum Gasteiger partial charge on any atom is 0.349 e. The third-order valence-corrected chi connectivity index (χ3v) is 5.25. The van der Waals surface area contributed by atoms with Gasteiger partial charge in [-0.25, -0.2) is 4.79 Å². The summed E-state index contributed by atoms with van der Waals surface area (Å²) in [5, 5.41) is 9.31. The number of hydrogen-bond donors (Lipinski definition) is 2. The molecular weight excluding hydrogens is 360 g/mol. The lowest BCUT2D eigenvalue weighted by Gasteiger charge is -2.41. The van der Waals surface area contributed by atoms with E-state index in [9.17, 15) is 24.3 Å². The number of carboxylic acid groups (broad SMARTS) is 1. The molecule has 148 valence electrons. The van der Waals surface area contributed by atoms with Crippen LogP contribution in [0.5, 0.6) is 0 Å². The Balaban J connectivity index is 2.78. The minimum Gasteiger partial charge on any atom is -0.481 e. The number of thioether (sulfide) groups is 1. The molecule has 1 heterocycles. The number of carboxylic acids is 1. The monoisotopic (exact) mass is 388 g/mol. The Kier molecular flexibility index (Phi) is 7.79. The lowest BCUT2D eigenvalue weighted by Crippen LogP contribution is -2.66. The van der Waals surface area contributed by atoms with Crippen LogP contribution in [0.1, 0.15) is 40.5 Å². The Morgan fingerprint density at radius 2 is 1.85 bits per heavy atom. The molecular formula is C17H28N2O6S. The summed E-state index contributed by atoms with van der Waals surface area (Å²) in [4.78, 5) is 48.1. The maximum absolute atomic E-state index is 12.4. The van der Waals surface area contributed by atoms with Crippen LogP contribution in [-0.2, 0) is 23.9 Å². The molecule has 0 aliphatic carbocycles. The molecule has 0 aromatic carbocycles. The van der Waals surface area contributed by atoms with E-state index in [2.05, 4.69) is 0 Å². The van der Waals surface area contributed by atoms with E-state index in [-0.39, 0.29) is 16.8 Å². The zero-order valence-corrected chi connectivity index (χ0v) is 16.5. The molecule has 26 heavy (non-hydrogen) atoms. The number of rotatable bonds is 7. The lowest BCUT2D eigenvalue weighted by molar-refractivity contribution is -0.172. The van der Waals surface area contributed by atoms with Crippen LogP contribution < -0.4 is 5.73 Å². The molecule has 3 N–H and O–H groups in total. The van der Waals surface area contributed by atoms with Crippen molar-refractivity contribution in [3.05, 3.63) is 0 Å². The second-order valence-electron chi connectivity index (χ2n) is 7.52. The van der Waals surface area contributed by atoms with Crippen LogP contribution in [0.4, 0.5) is 0 Å². The quantitative estimate of drug-likeness (QED) is 0.371. The van der Waals surface area contributed by atoms with Gasteiger partial charge in [0, 0.05) is 25.8 Å². The van der Waals surface area contributed by atoms with Crippen molar-refractivity contribution in [2.45, 2.75) is 51.8 Å². The highest BCUT2D eigenvalue weighted by Crippen LogP contribution is 2.30. The third-order valence-electron chi connectivity index (χ3n) is 4.32. The zero-order chi connectivity index (χ0) is 20.1. The van der Waals surface area contributed by atoms with Gasteiger partial charge < -0.3 is 9.84 Å². The van der Waals surface area contributed by atoms with E-state index >= 15 is 0 Å². The number of carbonyl (C=O) groups excluding carboxylic acids is 3. The van der Waals surface area contributed by atoms with Gasteiger partial charge in [0.05, 0.1) is 5.92 Å². The van der Waals surface area contributed by atoms with Crippen molar-refractivity contribution >= 4 is 35.1 Å². The Labute approximate surface area is 157 Å². The van der Waals surface area contributed by atoms with Crippen LogP contribution in [0.3, 0.4) is 0 Å². The first-order valence-corrected chi connectivity index (χ1v) is 9.49. The average Bonchev–Trinajstić information content (AvgIpc) is 2.52. The van der Waals surface area contributed by atoms with Gasteiger partial charge in [-0.3, -0.25) is 25.0 Å². The molecule has 0 aromatic heterocycles. The van der Waals surface area contributed by atoms with Crippen LogP contribution >= 0.6 is 11.8 Å². The average molecular weight is 388 g/mol. The largest absolute Gasteiger partial charge is 0.481 e. The molecule has 0 amide bonds. The minimum absolute atomic E-state index is 0.124. The summed E-state index contributed by atoms with van der Waals surface area (Å²) in [6, 6.07) is 0. The fraction of sp³-hybridized carbons (Fsp3) is 0.765. The van der Waals surface area contributed by atoms with E-state index in [0.717, 1.165) is 11.8 Å². The number of esters is 1. The molecule has 2 atom stereocenters. The van der Waals surface area contributed by atoms with Crippen molar-refractivity contribution in [1.82, 2.24) is 4.90 Å². The Hall–Kier alpha value is -1.45. The van der Waals surface area contributed by atoms with Crippen LogP contribution in [0.25, 0.3) is 0 Å². The van der Waals surface area contributed by atoms with Crippen molar-refractivity contribution < 1.29 is 29.0 Å². The van der Waals surface area contributed by atoms with E-state index in [1.807, 2.05) is 0 Å². The predicted octanol–water partition coefficient (Wildman–Crippen LogP) is 0.875. The number of likely N-dealkylation sites (tertiary alicyclic amines) is 1. The van der Waals surface area contributed by atoms with E-state index in [1.165, 1.54) is 11.8 Å². The highest BCUT2D eigenvalue weighted by molar-refractivity contribution is 8.13. The number of ether oxygens (including phenoxy) is 1. The van der Waals surface area contributed by atoms with Gasteiger partial charge in [0.2, 0.25) is 5.66 Å². The topological polar surface area (TPSA) is 127 Å². The molecule has 0 saturated carbocycles. The molecule has 0 aromatic rings. The van der Waals surface area contributed by atoms with Gasteiger partial charge in [-0.15, -0.1) is 0 Å². The molecule has 1 aliphatic rings. The fourth-order valence-electron chi connectivity index (χ4n) is 2.90. The van der Waals surface area contributed by atoms with E-state index in [4.69, 9.17) is 10.5 Å². The summed E-state index contributed by atoms with van der Waals surface area (Å²) in [5.41, 5.74) is 3.36. The molecule has 1 rings (SSSR count). The number of nitrogens with two attached hydrogens (primary N) is 1. The first-order valence-electron chi connectivity index (χ1n) is 8.50. The summed E-state index contributed by atoms with van der Waals surface area (Å²) in [7, 11) is 0. The lowest BCUT2D eigenvalue weighted by atomic mass is 9.84. The minimum atomic E-state index is -1.88. The van der Waals surface area contributed by atoms with Gasteiger partial charge in [-0.1, -0.05) is 11.8 Å². The molecule has 8 nitrogen and oxygen atoms in total. The van der Waals surface area contributed by atoms with Crippen molar-refractivity contribution in [2.75, 3.05) is 18.8 Å². The normalized spacial score (nSPS) is 20.0. The SMILES string of the molecule is CC(=O)SCC(C(=O)O)C1CCN(C(N)(C=O)C(=O)OC(C)(C)C)CC1. The predicted molar refractivity (Wildman–Crippen MR) is 97.4 cm³/mol. The van der Waals surface area contributed by atoms with Crippen molar-refractivity contribution in [1.29, 1.82) is 0 Å². The Morgan fingerprint density at radius 3 is 2.23 bits per heavy atom. The van der Waals surface area contributed by atoms with Crippen molar-refractivity contribution in [3.8, 4) is 0 Å². The van der Waals surface area contributed by atoms with Crippen molar-refractivity contribution in [3.63, 3.8) is 0 Å². The van der Waals surface area contributed by atoms with E-state index < -0.39 is 29.1 Å². The van der Waals surface area contributed by atoms with Crippen LogP contribution in [0, 0.1) is 11.8 Å². The first-order chi connectivity index (χ1) is 11.9. The second-order valence-corrected chi connectivity index (χ2v) is 8.71. The highest BCUT2D eigenvalue weighted by atomic mass is 32.2. The first kappa shape index (κ1) is 22.6. The number of aldehydes is 1. The van der Waals surface area contributed by atoms with Crippen LogP contribution in [-0.4, -0.2) is 63.5 Å². The third kappa shape index (κ3) is 6.07. The number of nitrogens with zero attached hydrogens (tertiary/aromatic N) is 1. The Bertz CT molecular complexity index is 554. The molecule has 1 saturated heterocycles. The second kappa shape index (κ2) is 8.96. The molecule has 0 spiro atoms. The summed E-state index contributed by atoms with van der Waals surface area (Å²) in [6.07, 6.45) is 1.30. The molecule has 1 fully saturated rings. The summed E-state index contributed by atoms with van der Waals surface area (Å²) >= 11 is 0.995. The van der Waals surface area contributed by atoms with Gasteiger partial charge in [-0.2, -0.15) is 0 Å². The van der Waals surface area contributed by atoms with Gasteiger partial charge in [0.1, 0.15) is 5.60 Å². The van der Waals surface area contributed by atoms with E-state index in [1.54, 1.807) is 20.8 Å². The molecule has 2 unspecified atom stereocenters. The standard InChI is InChI=1S/C17H28N2O6S/c1-11(21)26-9-13(14(22)23)12-5-7-19(8-6-12)17(18,10-20)15(24)25-16(2,3)4/h10,12-13H,5-9,18H2,1-4H3,(H,22,23). The maximum atomic E-state index is 12.4. The fourth-order valence-corrected chi connectivity index (χ4v) is 3.73. The number of carbonyl (C=O) groups is 4. The number of hydrogen-bond acceptors (Lipinski definition) is 8. The molecule has 0 bridgehead atoms. The highest BCUT2D eigenvalue weighted by Gasteiger charge is 2.46. The Morgan fingerprint density at radius 1 is 1.31 bits per heavy atom.